The molecule has 5 nitrogen and oxygen atoms in total. The lowest BCUT2D eigenvalue weighted by molar-refractivity contribution is -0.123. The molecule has 0 saturated carbocycles. The Morgan fingerprint density at radius 2 is 1.88 bits per heavy atom. The molecule has 1 aliphatic heterocycles. The molecule has 136 valence electrons. The van der Waals surface area contributed by atoms with E-state index in [1.54, 1.807) is 41.0 Å². The quantitative estimate of drug-likeness (QED) is 0.859. The highest BCUT2D eigenvalue weighted by molar-refractivity contribution is 6.30. The highest BCUT2D eigenvalue weighted by atomic mass is 35.5. The van der Waals surface area contributed by atoms with Gasteiger partial charge in [0.2, 0.25) is 5.91 Å². The highest BCUT2D eigenvalue weighted by Crippen LogP contribution is 2.24. The number of benzene rings is 2. The second kappa shape index (κ2) is 7.38. The molecule has 0 spiro atoms. The number of carbonyl (C=O) groups excluding carboxylic acids is 2. The van der Waals surface area contributed by atoms with Crippen LogP contribution in [0.4, 0.5) is 16.2 Å². The molecule has 0 bridgehead atoms. The van der Waals surface area contributed by atoms with Crippen LogP contribution in [0.5, 0.6) is 0 Å². The first-order chi connectivity index (χ1) is 12.4. The number of hydrogen-bond acceptors (Lipinski definition) is 2. The van der Waals surface area contributed by atoms with E-state index in [2.05, 4.69) is 5.32 Å². The Kier molecular flexibility index (Phi) is 5.18. The zero-order valence-electron chi connectivity index (χ0n) is 15.1. The third-order valence-corrected chi connectivity index (χ3v) is 5.03. The summed E-state index contributed by atoms with van der Waals surface area (Å²) in [4.78, 5) is 28.7. The zero-order chi connectivity index (χ0) is 18.8. The van der Waals surface area contributed by atoms with Crippen molar-refractivity contribution in [3.8, 4) is 0 Å². The number of nitrogens with one attached hydrogen (secondary N) is 1. The Balaban J connectivity index is 1.72. The van der Waals surface area contributed by atoms with Crippen LogP contribution in [-0.4, -0.2) is 36.0 Å². The fraction of sp³-hybridized carbons (Fsp3) is 0.300. The number of carbonyl (C=O) groups is 2. The zero-order valence-corrected chi connectivity index (χ0v) is 15.9. The molecule has 0 radical (unpaired) electrons. The number of amides is 3. The summed E-state index contributed by atoms with van der Waals surface area (Å²) in [5, 5.41) is 3.35. The van der Waals surface area contributed by atoms with Gasteiger partial charge in [-0.05, 0) is 62.2 Å². The van der Waals surface area contributed by atoms with E-state index in [-0.39, 0.29) is 11.9 Å². The van der Waals surface area contributed by atoms with Crippen LogP contribution in [0.2, 0.25) is 5.02 Å². The van der Waals surface area contributed by atoms with Gasteiger partial charge in [0.05, 0.1) is 0 Å². The molecule has 1 N–H and O–H groups in total. The molecule has 1 unspecified atom stereocenters. The van der Waals surface area contributed by atoms with Crippen molar-refractivity contribution in [3.05, 3.63) is 58.6 Å². The SMILES string of the molecule is Cc1ccc(N2CCN(C(=O)Nc3cccc(Cl)c3)C(C)C2=O)cc1C. The summed E-state index contributed by atoms with van der Waals surface area (Å²) < 4.78 is 0. The summed E-state index contributed by atoms with van der Waals surface area (Å²) in [5.41, 5.74) is 3.82. The van der Waals surface area contributed by atoms with Crippen LogP contribution in [0.25, 0.3) is 0 Å². The van der Waals surface area contributed by atoms with Crippen LogP contribution in [0.1, 0.15) is 18.1 Å². The van der Waals surface area contributed by atoms with Crippen molar-refractivity contribution >= 4 is 34.9 Å². The van der Waals surface area contributed by atoms with Crippen LogP contribution < -0.4 is 10.2 Å². The van der Waals surface area contributed by atoms with Crippen LogP contribution in [0.15, 0.2) is 42.5 Å². The molecule has 0 aromatic heterocycles. The first-order valence-corrected chi connectivity index (χ1v) is 8.96. The van der Waals surface area contributed by atoms with Crippen LogP contribution >= 0.6 is 11.6 Å². The monoisotopic (exact) mass is 371 g/mol. The van der Waals surface area contributed by atoms with Gasteiger partial charge >= 0.3 is 6.03 Å². The molecular formula is C20H22ClN3O2. The Morgan fingerprint density at radius 1 is 1.12 bits per heavy atom. The average Bonchev–Trinajstić information content (AvgIpc) is 2.60. The highest BCUT2D eigenvalue weighted by Gasteiger charge is 2.35. The smallest absolute Gasteiger partial charge is 0.311 e. The van der Waals surface area contributed by atoms with Crippen LogP contribution in [-0.2, 0) is 4.79 Å². The second-order valence-electron chi connectivity index (χ2n) is 6.57. The van der Waals surface area contributed by atoms with Gasteiger partial charge in [-0.1, -0.05) is 23.7 Å². The molecule has 1 heterocycles. The fourth-order valence-electron chi connectivity index (χ4n) is 3.06. The molecule has 3 amide bonds. The molecular weight excluding hydrogens is 350 g/mol. The lowest BCUT2D eigenvalue weighted by Crippen LogP contribution is -2.58. The van der Waals surface area contributed by atoms with Crippen molar-refractivity contribution in [1.29, 1.82) is 0 Å². The molecule has 0 aliphatic carbocycles. The van der Waals surface area contributed by atoms with Crippen molar-refractivity contribution in [2.24, 2.45) is 0 Å². The van der Waals surface area contributed by atoms with Gasteiger partial charge in [-0.25, -0.2) is 4.79 Å². The first-order valence-electron chi connectivity index (χ1n) is 8.58. The summed E-state index contributed by atoms with van der Waals surface area (Å²) >= 11 is 5.95. The molecule has 1 atom stereocenters. The third-order valence-electron chi connectivity index (χ3n) is 4.79. The van der Waals surface area contributed by atoms with Crippen molar-refractivity contribution < 1.29 is 9.59 Å². The number of rotatable bonds is 2. The summed E-state index contributed by atoms with van der Waals surface area (Å²) in [6.07, 6.45) is 0. The Bertz CT molecular complexity index is 853. The van der Waals surface area contributed by atoms with E-state index in [1.807, 2.05) is 32.0 Å². The second-order valence-corrected chi connectivity index (χ2v) is 7.00. The number of nitrogens with zero attached hydrogens (tertiary/aromatic N) is 2. The van der Waals surface area contributed by atoms with Crippen molar-refractivity contribution in [3.63, 3.8) is 0 Å². The van der Waals surface area contributed by atoms with Gasteiger partial charge in [-0.3, -0.25) is 4.79 Å². The van der Waals surface area contributed by atoms with Gasteiger partial charge in [0.1, 0.15) is 6.04 Å². The molecule has 1 aliphatic rings. The van der Waals surface area contributed by atoms with Crippen LogP contribution in [0, 0.1) is 13.8 Å². The minimum absolute atomic E-state index is 0.0826. The van der Waals surface area contributed by atoms with Gasteiger partial charge in [0, 0.05) is 29.5 Å². The number of aryl methyl sites for hydroxylation is 2. The van der Waals surface area contributed by atoms with Crippen molar-refractivity contribution in [1.82, 2.24) is 4.90 Å². The van der Waals surface area contributed by atoms with Crippen molar-refractivity contribution in [2.45, 2.75) is 26.8 Å². The predicted octanol–water partition coefficient (Wildman–Crippen LogP) is 4.23. The molecule has 2 aromatic carbocycles. The number of hydrogen-bond donors (Lipinski definition) is 1. The number of piperazine rings is 1. The standard InChI is InChI=1S/C20H22ClN3O2/c1-13-7-8-18(11-14(13)2)24-10-9-23(15(3)19(24)25)20(26)22-17-6-4-5-16(21)12-17/h4-8,11-12,15H,9-10H2,1-3H3,(H,22,26). The van der Waals surface area contributed by atoms with E-state index in [9.17, 15) is 9.59 Å². The summed E-state index contributed by atoms with van der Waals surface area (Å²) in [6, 6.07) is 12.1. The maximum atomic E-state index is 12.8. The van der Waals surface area contributed by atoms with Crippen molar-refractivity contribution in [2.75, 3.05) is 23.3 Å². The third kappa shape index (κ3) is 3.68. The van der Waals surface area contributed by atoms with E-state index >= 15 is 0 Å². The average molecular weight is 372 g/mol. The molecule has 1 saturated heterocycles. The Hall–Kier alpha value is -2.53. The molecule has 6 heteroatoms. The fourth-order valence-corrected chi connectivity index (χ4v) is 3.25. The van der Waals surface area contributed by atoms with Gasteiger partial charge in [-0.15, -0.1) is 0 Å². The largest absolute Gasteiger partial charge is 0.322 e. The molecule has 3 rings (SSSR count). The van der Waals surface area contributed by atoms with Gasteiger partial charge in [0.15, 0.2) is 0 Å². The molecule has 2 aromatic rings. The first kappa shape index (κ1) is 18.3. The van der Waals surface area contributed by atoms with Gasteiger partial charge in [0.25, 0.3) is 0 Å². The minimum Gasteiger partial charge on any atom is -0.311 e. The predicted molar refractivity (Wildman–Crippen MR) is 105 cm³/mol. The lowest BCUT2D eigenvalue weighted by atomic mass is 10.1. The van der Waals surface area contributed by atoms with Gasteiger partial charge in [-0.2, -0.15) is 0 Å². The van der Waals surface area contributed by atoms with Crippen LogP contribution in [0.3, 0.4) is 0 Å². The summed E-state index contributed by atoms with van der Waals surface area (Å²) in [5.74, 6) is -0.0826. The Morgan fingerprint density at radius 3 is 2.58 bits per heavy atom. The number of anilines is 2. The molecule has 26 heavy (non-hydrogen) atoms. The summed E-state index contributed by atoms with van der Waals surface area (Å²) in [6.45, 7) is 6.76. The van der Waals surface area contributed by atoms with E-state index in [0.29, 0.717) is 23.8 Å². The van der Waals surface area contributed by atoms with E-state index in [0.717, 1.165) is 11.3 Å². The maximum Gasteiger partial charge on any atom is 0.322 e. The van der Waals surface area contributed by atoms with Gasteiger partial charge < -0.3 is 15.1 Å². The van der Waals surface area contributed by atoms with E-state index < -0.39 is 6.04 Å². The topological polar surface area (TPSA) is 52.6 Å². The maximum absolute atomic E-state index is 12.8. The normalized spacial score (nSPS) is 17.4. The number of halogens is 1. The van der Waals surface area contributed by atoms with E-state index in [1.165, 1.54) is 5.56 Å². The lowest BCUT2D eigenvalue weighted by Gasteiger charge is -2.39. The minimum atomic E-state index is -0.537. The Labute approximate surface area is 158 Å². The molecule has 1 fully saturated rings. The van der Waals surface area contributed by atoms with E-state index in [4.69, 9.17) is 11.6 Å². The summed E-state index contributed by atoms with van der Waals surface area (Å²) in [7, 11) is 0. The number of urea groups is 1.